The third-order valence-electron chi connectivity index (χ3n) is 4.53. The summed E-state index contributed by atoms with van der Waals surface area (Å²) >= 11 is 0. The molecule has 1 atom stereocenters. The van der Waals surface area contributed by atoms with Crippen molar-refractivity contribution in [2.75, 3.05) is 13.7 Å². The van der Waals surface area contributed by atoms with Crippen molar-refractivity contribution in [3.05, 3.63) is 47.8 Å². The summed E-state index contributed by atoms with van der Waals surface area (Å²) in [6.45, 7) is 3.69. The number of H-pyrrole nitrogens is 1. The second-order valence-corrected chi connectivity index (χ2v) is 6.69. The van der Waals surface area contributed by atoms with Crippen LogP contribution in [0.4, 0.5) is 4.39 Å². The standard InChI is InChI=1S/C20H22FN3O3/c1-11(2)16(10-25)22-20(26)13-8-15-18(12-5-4-6-14(21)7-12)23-24-19(15)17(9-13)27-3/h4-9,11,16,25H,10H2,1-3H3,(H,22,26)(H,23,24)/t16-/m1/s1. The minimum Gasteiger partial charge on any atom is -0.494 e. The van der Waals surface area contributed by atoms with Crippen molar-refractivity contribution in [2.45, 2.75) is 19.9 Å². The minimum absolute atomic E-state index is 0.0846. The van der Waals surface area contributed by atoms with Crippen molar-refractivity contribution in [1.82, 2.24) is 15.5 Å². The zero-order valence-corrected chi connectivity index (χ0v) is 15.4. The molecular formula is C20H22FN3O3. The molecule has 0 fully saturated rings. The molecule has 6 nitrogen and oxygen atoms in total. The third kappa shape index (κ3) is 3.78. The number of aliphatic hydroxyl groups excluding tert-OH is 1. The first-order valence-corrected chi connectivity index (χ1v) is 8.68. The van der Waals surface area contributed by atoms with E-state index < -0.39 is 0 Å². The topological polar surface area (TPSA) is 87.2 Å². The van der Waals surface area contributed by atoms with Gasteiger partial charge in [-0.2, -0.15) is 5.10 Å². The zero-order valence-electron chi connectivity index (χ0n) is 15.4. The van der Waals surface area contributed by atoms with Crippen molar-refractivity contribution in [2.24, 2.45) is 5.92 Å². The highest BCUT2D eigenvalue weighted by molar-refractivity contribution is 6.03. The van der Waals surface area contributed by atoms with Crippen LogP contribution in [-0.4, -0.2) is 41.0 Å². The highest BCUT2D eigenvalue weighted by Gasteiger charge is 2.20. The number of aliphatic hydroxyl groups is 1. The van der Waals surface area contributed by atoms with Gasteiger partial charge >= 0.3 is 0 Å². The number of rotatable bonds is 6. The van der Waals surface area contributed by atoms with Crippen LogP contribution in [0.5, 0.6) is 5.75 Å². The van der Waals surface area contributed by atoms with Gasteiger partial charge in [0.2, 0.25) is 0 Å². The lowest BCUT2D eigenvalue weighted by atomic mass is 10.0. The predicted octanol–water partition coefficient (Wildman–Crippen LogP) is 3.12. The lowest BCUT2D eigenvalue weighted by Gasteiger charge is -2.20. The van der Waals surface area contributed by atoms with E-state index in [-0.39, 0.29) is 30.3 Å². The van der Waals surface area contributed by atoms with Gasteiger partial charge in [-0.3, -0.25) is 9.89 Å². The number of halogens is 1. The number of benzene rings is 2. The number of hydrogen-bond donors (Lipinski definition) is 3. The first kappa shape index (κ1) is 18.8. The van der Waals surface area contributed by atoms with Gasteiger partial charge in [0.05, 0.1) is 19.8 Å². The molecule has 3 aromatic rings. The van der Waals surface area contributed by atoms with Gasteiger partial charge in [0.1, 0.15) is 22.8 Å². The number of carbonyl (C=O) groups is 1. The van der Waals surface area contributed by atoms with Gasteiger partial charge in [-0.25, -0.2) is 4.39 Å². The normalized spacial score (nSPS) is 12.4. The summed E-state index contributed by atoms with van der Waals surface area (Å²) in [4.78, 5) is 12.7. The van der Waals surface area contributed by atoms with Gasteiger partial charge in [0.15, 0.2) is 0 Å². The maximum atomic E-state index is 13.6. The molecule has 7 heteroatoms. The summed E-state index contributed by atoms with van der Waals surface area (Å²) < 4.78 is 19.0. The summed E-state index contributed by atoms with van der Waals surface area (Å²) in [6.07, 6.45) is 0. The Morgan fingerprint density at radius 3 is 2.74 bits per heavy atom. The van der Waals surface area contributed by atoms with E-state index in [9.17, 15) is 14.3 Å². The summed E-state index contributed by atoms with van der Waals surface area (Å²) in [5, 5.41) is 20.1. The summed E-state index contributed by atoms with van der Waals surface area (Å²) in [6, 6.07) is 9.04. The summed E-state index contributed by atoms with van der Waals surface area (Å²) in [5.74, 6) is -0.152. The number of methoxy groups -OCH3 is 1. The Bertz CT molecular complexity index is 968. The first-order chi connectivity index (χ1) is 12.9. The Morgan fingerprint density at radius 2 is 2.11 bits per heavy atom. The van der Waals surface area contributed by atoms with Gasteiger partial charge in [-0.05, 0) is 30.2 Å². The Hall–Kier alpha value is -2.93. The molecule has 1 amide bonds. The van der Waals surface area contributed by atoms with Crippen LogP contribution in [0.1, 0.15) is 24.2 Å². The van der Waals surface area contributed by atoms with Crippen LogP contribution in [0.3, 0.4) is 0 Å². The highest BCUT2D eigenvalue weighted by atomic mass is 19.1. The van der Waals surface area contributed by atoms with E-state index in [4.69, 9.17) is 4.74 Å². The lowest BCUT2D eigenvalue weighted by Crippen LogP contribution is -2.41. The second-order valence-electron chi connectivity index (χ2n) is 6.69. The van der Waals surface area contributed by atoms with E-state index in [2.05, 4.69) is 15.5 Å². The Labute approximate surface area is 156 Å². The lowest BCUT2D eigenvalue weighted by molar-refractivity contribution is 0.0896. The maximum absolute atomic E-state index is 13.6. The van der Waals surface area contributed by atoms with E-state index in [1.54, 1.807) is 24.3 Å². The minimum atomic E-state index is -0.368. The molecule has 27 heavy (non-hydrogen) atoms. The molecule has 0 aliphatic carbocycles. The fourth-order valence-corrected chi connectivity index (χ4v) is 2.91. The molecule has 0 saturated carbocycles. The summed E-state index contributed by atoms with van der Waals surface area (Å²) in [5.41, 5.74) is 2.12. The zero-order chi connectivity index (χ0) is 19.6. The largest absolute Gasteiger partial charge is 0.494 e. The number of ether oxygens (including phenoxy) is 1. The average molecular weight is 371 g/mol. The van der Waals surface area contributed by atoms with Gasteiger partial charge in [0, 0.05) is 16.5 Å². The van der Waals surface area contributed by atoms with Crippen LogP contribution in [0.15, 0.2) is 36.4 Å². The van der Waals surface area contributed by atoms with Crippen molar-refractivity contribution in [3.63, 3.8) is 0 Å². The molecule has 0 radical (unpaired) electrons. The highest BCUT2D eigenvalue weighted by Crippen LogP contribution is 2.33. The van der Waals surface area contributed by atoms with Gasteiger partial charge in [-0.1, -0.05) is 26.0 Å². The van der Waals surface area contributed by atoms with Crippen LogP contribution in [0.25, 0.3) is 22.2 Å². The van der Waals surface area contributed by atoms with Crippen molar-refractivity contribution in [1.29, 1.82) is 0 Å². The van der Waals surface area contributed by atoms with E-state index in [1.807, 2.05) is 13.8 Å². The number of fused-ring (bicyclic) bond motifs is 1. The van der Waals surface area contributed by atoms with E-state index in [0.717, 1.165) is 0 Å². The number of nitrogens with zero attached hydrogens (tertiary/aromatic N) is 1. The third-order valence-corrected chi connectivity index (χ3v) is 4.53. The molecule has 0 aliphatic heterocycles. The number of nitrogens with one attached hydrogen (secondary N) is 2. The van der Waals surface area contributed by atoms with Gasteiger partial charge in [0.25, 0.3) is 5.91 Å². The number of amides is 1. The Kier molecular flexibility index (Phi) is 5.41. The average Bonchev–Trinajstić information content (AvgIpc) is 3.08. The molecule has 1 aromatic heterocycles. The molecular weight excluding hydrogens is 349 g/mol. The Morgan fingerprint density at radius 1 is 1.33 bits per heavy atom. The summed E-state index contributed by atoms with van der Waals surface area (Å²) in [7, 11) is 1.50. The number of hydrogen-bond acceptors (Lipinski definition) is 4. The molecule has 0 bridgehead atoms. The molecule has 142 valence electrons. The van der Waals surface area contributed by atoms with Crippen molar-refractivity contribution >= 4 is 16.8 Å². The molecule has 3 rings (SSSR count). The van der Waals surface area contributed by atoms with E-state index in [0.29, 0.717) is 33.5 Å². The van der Waals surface area contributed by atoms with E-state index >= 15 is 0 Å². The molecule has 0 unspecified atom stereocenters. The van der Waals surface area contributed by atoms with Crippen LogP contribution in [0.2, 0.25) is 0 Å². The first-order valence-electron chi connectivity index (χ1n) is 8.68. The molecule has 1 heterocycles. The second kappa shape index (κ2) is 7.75. The number of carbonyl (C=O) groups excluding carboxylic acids is 1. The fourth-order valence-electron chi connectivity index (χ4n) is 2.91. The number of aromatic nitrogens is 2. The van der Waals surface area contributed by atoms with Crippen molar-refractivity contribution in [3.8, 4) is 17.0 Å². The van der Waals surface area contributed by atoms with Crippen molar-refractivity contribution < 1.29 is 19.0 Å². The van der Waals surface area contributed by atoms with Crippen LogP contribution in [0, 0.1) is 11.7 Å². The number of aromatic amines is 1. The van der Waals surface area contributed by atoms with Crippen LogP contribution in [-0.2, 0) is 0 Å². The molecule has 0 saturated heterocycles. The molecule has 3 N–H and O–H groups in total. The Balaban J connectivity index is 2.07. The quantitative estimate of drug-likeness (QED) is 0.621. The van der Waals surface area contributed by atoms with Gasteiger partial charge in [-0.15, -0.1) is 0 Å². The SMILES string of the molecule is COc1cc(C(=O)N[C@H](CO)C(C)C)cc2c(-c3cccc(F)c3)n[nH]c12. The van der Waals surface area contributed by atoms with E-state index in [1.165, 1.54) is 19.2 Å². The van der Waals surface area contributed by atoms with Crippen LogP contribution < -0.4 is 10.1 Å². The fraction of sp³-hybridized carbons (Fsp3) is 0.300. The molecule has 2 aromatic carbocycles. The maximum Gasteiger partial charge on any atom is 0.251 e. The monoisotopic (exact) mass is 371 g/mol. The smallest absolute Gasteiger partial charge is 0.251 e. The molecule has 0 spiro atoms. The molecule has 0 aliphatic rings. The predicted molar refractivity (Wildman–Crippen MR) is 101 cm³/mol. The van der Waals surface area contributed by atoms with Gasteiger partial charge < -0.3 is 15.2 Å². The van der Waals surface area contributed by atoms with Crippen LogP contribution >= 0.6 is 0 Å².